The summed E-state index contributed by atoms with van der Waals surface area (Å²) in [6.07, 6.45) is 1.87. The number of carbonyl (C=O) groups excluding carboxylic acids is 1. The second-order valence-corrected chi connectivity index (χ2v) is 4.38. The Morgan fingerprint density at radius 1 is 1.33 bits per heavy atom. The van der Waals surface area contributed by atoms with Gasteiger partial charge in [0.2, 0.25) is 5.91 Å². The molecule has 1 atom stereocenters. The van der Waals surface area contributed by atoms with Gasteiger partial charge in [0.15, 0.2) is 0 Å². The zero-order chi connectivity index (χ0) is 10.7. The molecule has 1 heterocycles. The van der Waals surface area contributed by atoms with E-state index in [9.17, 15) is 4.79 Å². The van der Waals surface area contributed by atoms with Crippen LogP contribution in [0.15, 0.2) is 41.9 Å². The van der Waals surface area contributed by atoms with Crippen LogP contribution in [-0.4, -0.2) is 16.6 Å². The molecule has 15 heavy (non-hydrogen) atoms. The molecule has 2 nitrogen and oxygen atoms in total. The third-order valence-corrected chi connectivity index (χ3v) is 3.24. The number of rotatable bonds is 2. The highest BCUT2D eigenvalue weighted by molar-refractivity contribution is 8.02. The first-order valence-electron chi connectivity index (χ1n) is 4.93. The molecule has 0 saturated carbocycles. The summed E-state index contributed by atoms with van der Waals surface area (Å²) < 4.78 is 0. The van der Waals surface area contributed by atoms with Crippen molar-refractivity contribution in [3.05, 3.63) is 47.5 Å². The van der Waals surface area contributed by atoms with Gasteiger partial charge in [-0.3, -0.25) is 4.79 Å². The van der Waals surface area contributed by atoms with Crippen molar-refractivity contribution in [2.24, 2.45) is 0 Å². The summed E-state index contributed by atoms with van der Waals surface area (Å²) in [7, 11) is 0. The fourth-order valence-electron chi connectivity index (χ4n) is 1.62. The zero-order valence-corrected chi connectivity index (χ0v) is 9.41. The summed E-state index contributed by atoms with van der Waals surface area (Å²) in [6.45, 7) is 2.05. The second-order valence-electron chi connectivity index (χ2n) is 3.48. The maximum Gasteiger partial charge on any atom is 0.237 e. The van der Waals surface area contributed by atoms with E-state index in [4.69, 9.17) is 0 Å². The molecule has 1 unspecified atom stereocenters. The van der Waals surface area contributed by atoms with Gasteiger partial charge >= 0.3 is 0 Å². The van der Waals surface area contributed by atoms with Gasteiger partial charge < -0.3 is 4.90 Å². The van der Waals surface area contributed by atoms with Crippen molar-refractivity contribution in [3.63, 3.8) is 0 Å². The Bertz CT molecular complexity index is 374. The minimum absolute atomic E-state index is 0.121. The van der Waals surface area contributed by atoms with Crippen LogP contribution in [0.5, 0.6) is 0 Å². The molecule has 0 aromatic heterocycles. The standard InChI is InChI=1S/C12H13NOS/c1-10(11-5-3-2-4-6-11)13-7-8-15-9-12(13)14/h2-8,10H,9H2,1H3. The van der Waals surface area contributed by atoms with Crippen LogP contribution >= 0.6 is 11.8 Å². The van der Waals surface area contributed by atoms with Crippen LogP contribution in [0.2, 0.25) is 0 Å². The van der Waals surface area contributed by atoms with E-state index in [1.165, 1.54) is 5.56 Å². The normalized spacial score (nSPS) is 17.9. The van der Waals surface area contributed by atoms with Crippen LogP contribution in [0.3, 0.4) is 0 Å². The van der Waals surface area contributed by atoms with Crippen molar-refractivity contribution in [2.75, 3.05) is 5.75 Å². The molecule has 3 heteroatoms. The van der Waals surface area contributed by atoms with Gasteiger partial charge in [0.05, 0.1) is 11.8 Å². The lowest BCUT2D eigenvalue weighted by molar-refractivity contribution is -0.127. The van der Waals surface area contributed by atoms with Crippen molar-refractivity contribution < 1.29 is 4.79 Å². The average Bonchev–Trinajstić information content (AvgIpc) is 2.30. The van der Waals surface area contributed by atoms with E-state index in [-0.39, 0.29) is 11.9 Å². The fraction of sp³-hybridized carbons (Fsp3) is 0.250. The van der Waals surface area contributed by atoms with Crippen LogP contribution in [0.25, 0.3) is 0 Å². The third-order valence-electron chi connectivity index (χ3n) is 2.51. The van der Waals surface area contributed by atoms with E-state index in [0.29, 0.717) is 5.75 Å². The summed E-state index contributed by atoms with van der Waals surface area (Å²) in [5, 5.41) is 1.97. The van der Waals surface area contributed by atoms with Crippen LogP contribution < -0.4 is 0 Å². The van der Waals surface area contributed by atoms with Crippen LogP contribution in [0.1, 0.15) is 18.5 Å². The van der Waals surface area contributed by atoms with Gasteiger partial charge in [-0.2, -0.15) is 0 Å². The number of hydrogen-bond donors (Lipinski definition) is 0. The van der Waals surface area contributed by atoms with E-state index in [0.717, 1.165) is 0 Å². The highest BCUT2D eigenvalue weighted by atomic mass is 32.2. The van der Waals surface area contributed by atoms with Crippen molar-refractivity contribution in [1.82, 2.24) is 4.90 Å². The summed E-state index contributed by atoms with van der Waals surface area (Å²) in [5.74, 6) is 0.729. The van der Waals surface area contributed by atoms with E-state index >= 15 is 0 Å². The predicted molar refractivity (Wildman–Crippen MR) is 63.3 cm³/mol. The quantitative estimate of drug-likeness (QED) is 0.762. The molecule has 1 aliphatic heterocycles. The Labute approximate surface area is 94.0 Å². The third kappa shape index (κ3) is 2.23. The van der Waals surface area contributed by atoms with Crippen molar-refractivity contribution in [2.45, 2.75) is 13.0 Å². The first-order chi connectivity index (χ1) is 7.29. The molecule has 2 rings (SSSR count). The molecule has 0 bridgehead atoms. The number of benzene rings is 1. The maximum absolute atomic E-state index is 11.7. The molecule has 0 saturated heterocycles. The monoisotopic (exact) mass is 219 g/mol. The molecular weight excluding hydrogens is 206 g/mol. The predicted octanol–water partition coefficient (Wildman–Crippen LogP) is 2.79. The molecule has 0 spiro atoms. The highest BCUT2D eigenvalue weighted by Crippen LogP contribution is 2.24. The molecule has 0 fully saturated rings. The van der Waals surface area contributed by atoms with Crippen LogP contribution in [-0.2, 0) is 4.79 Å². The molecule has 1 aliphatic rings. The van der Waals surface area contributed by atoms with E-state index in [1.807, 2.05) is 48.9 Å². The van der Waals surface area contributed by atoms with Gasteiger partial charge in [0.1, 0.15) is 0 Å². The largest absolute Gasteiger partial charge is 0.311 e. The van der Waals surface area contributed by atoms with Crippen molar-refractivity contribution in [3.8, 4) is 0 Å². The molecule has 1 aromatic carbocycles. The van der Waals surface area contributed by atoms with Crippen molar-refractivity contribution >= 4 is 17.7 Å². The first kappa shape index (κ1) is 10.3. The number of hydrogen-bond acceptors (Lipinski definition) is 2. The summed E-state index contributed by atoms with van der Waals surface area (Å²) in [6, 6.07) is 10.2. The molecule has 0 radical (unpaired) electrons. The maximum atomic E-state index is 11.7. The SMILES string of the molecule is CC(c1ccccc1)N1C=CSCC1=O. The topological polar surface area (TPSA) is 20.3 Å². The molecule has 0 N–H and O–H groups in total. The van der Waals surface area contributed by atoms with Crippen molar-refractivity contribution in [1.29, 1.82) is 0 Å². The first-order valence-corrected chi connectivity index (χ1v) is 5.98. The van der Waals surface area contributed by atoms with Gasteiger partial charge in [-0.1, -0.05) is 30.3 Å². The lowest BCUT2D eigenvalue weighted by atomic mass is 10.1. The average molecular weight is 219 g/mol. The Kier molecular flexibility index (Phi) is 3.11. The van der Waals surface area contributed by atoms with Gasteiger partial charge in [0.25, 0.3) is 0 Å². The van der Waals surface area contributed by atoms with Gasteiger partial charge in [-0.25, -0.2) is 0 Å². The second kappa shape index (κ2) is 4.53. The minimum atomic E-state index is 0.121. The number of thioether (sulfide) groups is 1. The molecular formula is C12H13NOS. The number of amides is 1. The van der Waals surface area contributed by atoms with Gasteiger partial charge in [0, 0.05) is 6.20 Å². The number of carbonyl (C=O) groups is 1. The zero-order valence-electron chi connectivity index (χ0n) is 8.59. The Hall–Kier alpha value is -1.22. The van der Waals surface area contributed by atoms with Crippen LogP contribution in [0.4, 0.5) is 0 Å². The Balaban J connectivity index is 2.20. The van der Waals surface area contributed by atoms with Gasteiger partial charge in [-0.15, -0.1) is 11.8 Å². The highest BCUT2D eigenvalue weighted by Gasteiger charge is 2.20. The Morgan fingerprint density at radius 2 is 2.07 bits per heavy atom. The fourth-order valence-corrected chi connectivity index (χ4v) is 2.23. The smallest absolute Gasteiger partial charge is 0.237 e. The molecule has 78 valence electrons. The van der Waals surface area contributed by atoms with Crippen LogP contribution in [0, 0.1) is 0 Å². The van der Waals surface area contributed by atoms with E-state index in [2.05, 4.69) is 0 Å². The van der Waals surface area contributed by atoms with E-state index in [1.54, 1.807) is 16.7 Å². The van der Waals surface area contributed by atoms with E-state index < -0.39 is 0 Å². The van der Waals surface area contributed by atoms with Gasteiger partial charge in [-0.05, 0) is 17.9 Å². The summed E-state index contributed by atoms with van der Waals surface area (Å²) in [4.78, 5) is 13.5. The Morgan fingerprint density at radius 3 is 2.73 bits per heavy atom. The lowest BCUT2D eigenvalue weighted by Crippen LogP contribution is -2.31. The number of nitrogens with zero attached hydrogens (tertiary/aromatic N) is 1. The minimum Gasteiger partial charge on any atom is -0.311 e. The molecule has 0 aliphatic carbocycles. The summed E-state index contributed by atoms with van der Waals surface area (Å²) in [5.41, 5.74) is 1.17. The summed E-state index contributed by atoms with van der Waals surface area (Å²) >= 11 is 1.55. The lowest BCUT2D eigenvalue weighted by Gasteiger charge is -2.28. The molecule has 1 aromatic rings. The molecule has 1 amide bonds.